The SMILES string of the molecule is CCCCn1c(=O)[nH]c(=O)c2c1nc(CCC(=O)Nc1ccccc1C(=O)OC)n2CC(C)C. The molecule has 0 aliphatic carbocycles. The second-order valence-electron chi connectivity index (χ2n) is 8.55. The number of methoxy groups -OCH3 is 1. The quantitative estimate of drug-likeness (QED) is 0.440. The fraction of sp³-hybridized carbons (Fsp3) is 0.458. The largest absolute Gasteiger partial charge is 0.465 e. The predicted octanol–water partition coefficient (Wildman–Crippen LogP) is 2.70. The normalized spacial score (nSPS) is 11.2. The first-order valence-corrected chi connectivity index (χ1v) is 11.5. The lowest BCUT2D eigenvalue weighted by Gasteiger charge is -2.12. The molecule has 0 spiro atoms. The van der Waals surface area contributed by atoms with Crippen molar-refractivity contribution >= 4 is 28.7 Å². The van der Waals surface area contributed by atoms with Gasteiger partial charge >= 0.3 is 11.7 Å². The number of aromatic amines is 1. The lowest BCUT2D eigenvalue weighted by Crippen LogP contribution is -2.31. The molecule has 2 aromatic heterocycles. The number of esters is 1. The Morgan fingerprint density at radius 1 is 1.18 bits per heavy atom. The molecule has 0 fully saturated rings. The van der Waals surface area contributed by atoms with Crippen molar-refractivity contribution in [3.05, 3.63) is 56.5 Å². The molecule has 182 valence electrons. The van der Waals surface area contributed by atoms with Gasteiger partial charge in [0.05, 0.1) is 18.4 Å². The molecule has 2 N–H and O–H groups in total. The molecular formula is C24H31N5O5. The van der Waals surface area contributed by atoms with E-state index in [1.807, 2.05) is 20.8 Å². The van der Waals surface area contributed by atoms with Crippen molar-refractivity contribution < 1.29 is 14.3 Å². The second kappa shape index (κ2) is 11.0. The number of aryl methyl sites for hydroxylation is 2. The number of hydrogen-bond acceptors (Lipinski definition) is 6. The van der Waals surface area contributed by atoms with Crippen molar-refractivity contribution in [1.29, 1.82) is 0 Å². The molecule has 0 atom stereocenters. The Kier molecular flexibility index (Phi) is 8.04. The van der Waals surface area contributed by atoms with Gasteiger partial charge in [-0.25, -0.2) is 14.6 Å². The van der Waals surface area contributed by atoms with Gasteiger partial charge in [-0.2, -0.15) is 0 Å². The van der Waals surface area contributed by atoms with E-state index in [1.165, 1.54) is 11.7 Å². The third kappa shape index (κ3) is 5.44. The third-order valence-corrected chi connectivity index (χ3v) is 5.43. The Balaban J connectivity index is 1.92. The molecule has 0 radical (unpaired) electrons. The van der Waals surface area contributed by atoms with E-state index < -0.39 is 17.2 Å². The molecule has 0 unspecified atom stereocenters. The van der Waals surface area contributed by atoms with Gasteiger partial charge in [0, 0.05) is 25.9 Å². The number of nitrogens with one attached hydrogen (secondary N) is 2. The predicted molar refractivity (Wildman–Crippen MR) is 129 cm³/mol. The molecule has 0 bridgehead atoms. The molecule has 1 aromatic carbocycles. The number of amides is 1. The first kappa shape index (κ1) is 24.9. The highest BCUT2D eigenvalue weighted by atomic mass is 16.5. The molecule has 34 heavy (non-hydrogen) atoms. The van der Waals surface area contributed by atoms with Crippen molar-refractivity contribution in [2.45, 2.75) is 59.5 Å². The molecule has 0 saturated carbocycles. The minimum Gasteiger partial charge on any atom is -0.465 e. The number of rotatable bonds is 10. The molecule has 0 aliphatic heterocycles. The van der Waals surface area contributed by atoms with Crippen LogP contribution in [-0.2, 0) is 29.0 Å². The van der Waals surface area contributed by atoms with Crippen LogP contribution in [0, 0.1) is 5.92 Å². The zero-order valence-electron chi connectivity index (χ0n) is 20.0. The van der Waals surface area contributed by atoms with E-state index in [0.717, 1.165) is 12.8 Å². The minimum atomic E-state index is -0.543. The summed E-state index contributed by atoms with van der Waals surface area (Å²) in [6, 6.07) is 6.60. The van der Waals surface area contributed by atoms with Crippen LogP contribution < -0.4 is 16.6 Å². The van der Waals surface area contributed by atoms with Crippen LogP contribution in [-0.4, -0.2) is 38.1 Å². The number of ether oxygens (including phenoxy) is 1. The van der Waals surface area contributed by atoms with E-state index in [0.29, 0.717) is 35.8 Å². The Labute approximate surface area is 197 Å². The number of unbranched alkanes of at least 4 members (excludes halogenated alkanes) is 1. The minimum absolute atomic E-state index is 0.0774. The van der Waals surface area contributed by atoms with Crippen molar-refractivity contribution in [2.75, 3.05) is 12.4 Å². The maximum Gasteiger partial charge on any atom is 0.339 e. The summed E-state index contributed by atoms with van der Waals surface area (Å²) >= 11 is 0. The van der Waals surface area contributed by atoms with Crippen molar-refractivity contribution in [1.82, 2.24) is 19.1 Å². The summed E-state index contributed by atoms with van der Waals surface area (Å²) in [5.41, 5.74) is 0.342. The van der Waals surface area contributed by atoms with E-state index >= 15 is 0 Å². The number of benzene rings is 1. The van der Waals surface area contributed by atoms with Gasteiger partial charge in [-0.3, -0.25) is 19.1 Å². The third-order valence-electron chi connectivity index (χ3n) is 5.43. The average molecular weight is 470 g/mol. The highest BCUT2D eigenvalue weighted by molar-refractivity contribution is 6.01. The molecule has 3 rings (SSSR count). The van der Waals surface area contributed by atoms with Crippen molar-refractivity contribution in [2.24, 2.45) is 5.92 Å². The van der Waals surface area contributed by atoms with E-state index in [2.05, 4.69) is 15.3 Å². The number of imidazole rings is 1. The molecular weight excluding hydrogens is 438 g/mol. The molecule has 10 heteroatoms. The van der Waals surface area contributed by atoms with Gasteiger partial charge in [0.25, 0.3) is 5.56 Å². The number of H-pyrrole nitrogens is 1. The first-order chi connectivity index (χ1) is 16.3. The van der Waals surface area contributed by atoms with E-state index in [-0.39, 0.29) is 30.2 Å². The maximum atomic E-state index is 12.7. The summed E-state index contributed by atoms with van der Waals surface area (Å²) in [5.74, 6) is -0.0792. The number of aromatic nitrogens is 4. The van der Waals surface area contributed by atoms with Crippen molar-refractivity contribution in [3.63, 3.8) is 0 Å². The van der Waals surface area contributed by atoms with E-state index in [1.54, 1.807) is 28.8 Å². The Bertz CT molecular complexity index is 1300. The number of fused-ring (bicyclic) bond motifs is 1. The smallest absolute Gasteiger partial charge is 0.339 e. The standard InChI is InChI=1S/C24H31N5O5/c1-5-6-13-28-21-20(22(31)27-24(28)33)29(14-15(2)3)18(26-21)11-12-19(30)25-17-10-8-7-9-16(17)23(32)34-4/h7-10,15H,5-6,11-14H2,1-4H3,(H,25,30)(H,27,31,33). The fourth-order valence-corrected chi connectivity index (χ4v) is 3.81. The molecule has 3 aromatic rings. The monoisotopic (exact) mass is 469 g/mol. The van der Waals surface area contributed by atoms with Gasteiger partial charge in [-0.15, -0.1) is 0 Å². The van der Waals surface area contributed by atoms with Gasteiger partial charge in [0.1, 0.15) is 5.82 Å². The number of carbonyl (C=O) groups is 2. The zero-order chi connectivity index (χ0) is 24.8. The number of nitrogens with zero attached hydrogens (tertiary/aromatic N) is 3. The summed E-state index contributed by atoms with van der Waals surface area (Å²) in [4.78, 5) is 56.8. The van der Waals surface area contributed by atoms with Gasteiger partial charge in [-0.05, 0) is 24.5 Å². The van der Waals surface area contributed by atoms with E-state index in [4.69, 9.17) is 4.74 Å². The number of anilines is 1. The van der Waals surface area contributed by atoms with Crippen LogP contribution in [0.5, 0.6) is 0 Å². The Morgan fingerprint density at radius 2 is 1.91 bits per heavy atom. The van der Waals surface area contributed by atoms with Crippen LogP contribution in [0.3, 0.4) is 0 Å². The lowest BCUT2D eigenvalue weighted by atomic mass is 10.1. The molecule has 1 amide bonds. The van der Waals surface area contributed by atoms with E-state index in [9.17, 15) is 19.2 Å². The summed E-state index contributed by atoms with van der Waals surface area (Å²) in [6.45, 7) is 7.04. The average Bonchev–Trinajstić information content (AvgIpc) is 3.15. The topological polar surface area (TPSA) is 128 Å². The Hall–Kier alpha value is -3.69. The summed E-state index contributed by atoms with van der Waals surface area (Å²) in [5, 5.41) is 2.75. The van der Waals surface area contributed by atoms with Crippen LogP contribution in [0.1, 0.15) is 56.2 Å². The van der Waals surface area contributed by atoms with Gasteiger partial charge in [0.15, 0.2) is 11.2 Å². The van der Waals surface area contributed by atoms with Gasteiger partial charge in [0.2, 0.25) is 5.91 Å². The summed E-state index contributed by atoms with van der Waals surface area (Å²) in [6.07, 6.45) is 2.00. The van der Waals surface area contributed by atoms with Crippen LogP contribution in [0.15, 0.2) is 33.9 Å². The highest BCUT2D eigenvalue weighted by Crippen LogP contribution is 2.18. The number of carbonyl (C=O) groups excluding carboxylic acids is 2. The van der Waals surface area contributed by atoms with Crippen molar-refractivity contribution in [3.8, 4) is 0 Å². The summed E-state index contributed by atoms with van der Waals surface area (Å²) in [7, 11) is 1.28. The number of para-hydroxylation sites is 1. The fourth-order valence-electron chi connectivity index (χ4n) is 3.81. The van der Waals surface area contributed by atoms with Crippen LogP contribution in [0.2, 0.25) is 0 Å². The summed E-state index contributed by atoms with van der Waals surface area (Å²) < 4.78 is 8.07. The zero-order valence-corrected chi connectivity index (χ0v) is 20.0. The molecule has 10 nitrogen and oxygen atoms in total. The molecule has 2 heterocycles. The van der Waals surface area contributed by atoms with Crippen LogP contribution in [0.4, 0.5) is 5.69 Å². The first-order valence-electron chi connectivity index (χ1n) is 11.5. The second-order valence-corrected chi connectivity index (χ2v) is 8.55. The maximum absolute atomic E-state index is 12.7. The molecule has 0 aliphatic rings. The number of hydrogen-bond donors (Lipinski definition) is 2. The van der Waals surface area contributed by atoms with Gasteiger partial charge in [-0.1, -0.05) is 39.3 Å². The lowest BCUT2D eigenvalue weighted by molar-refractivity contribution is -0.116. The van der Waals surface area contributed by atoms with Crippen LogP contribution in [0.25, 0.3) is 11.2 Å². The molecule has 0 saturated heterocycles. The Morgan fingerprint density at radius 3 is 2.59 bits per heavy atom. The highest BCUT2D eigenvalue weighted by Gasteiger charge is 2.20. The van der Waals surface area contributed by atoms with Gasteiger partial charge < -0.3 is 14.6 Å². The van der Waals surface area contributed by atoms with Crippen LogP contribution >= 0.6 is 0 Å².